The molecule has 0 aliphatic carbocycles. The van der Waals surface area contributed by atoms with Crippen LogP contribution in [0.1, 0.15) is 12.5 Å². The van der Waals surface area contributed by atoms with E-state index in [0.29, 0.717) is 0 Å². The summed E-state index contributed by atoms with van der Waals surface area (Å²) in [6.45, 7) is 4.02. The van der Waals surface area contributed by atoms with Crippen molar-refractivity contribution in [2.24, 2.45) is 5.92 Å². The highest BCUT2D eigenvalue weighted by Gasteiger charge is 2.00. The van der Waals surface area contributed by atoms with Crippen LogP contribution in [0.5, 0.6) is 0 Å². The molecule has 1 atom stereocenters. The van der Waals surface area contributed by atoms with Crippen molar-refractivity contribution in [3.05, 3.63) is 29.8 Å². The van der Waals surface area contributed by atoms with Gasteiger partial charge < -0.3 is 0 Å². The third kappa shape index (κ3) is 3.52. The van der Waals surface area contributed by atoms with E-state index in [0.717, 1.165) is 5.75 Å². The van der Waals surface area contributed by atoms with E-state index in [2.05, 4.69) is 37.3 Å². The zero-order valence-corrected chi connectivity index (χ0v) is 8.77. The summed E-state index contributed by atoms with van der Waals surface area (Å²) < 4.78 is 0. The number of thioether (sulfide) groups is 1. The van der Waals surface area contributed by atoms with Gasteiger partial charge >= 0.3 is 0 Å². The van der Waals surface area contributed by atoms with Crippen LogP contribution in [0.2, 0.25) is 0 Å². The standard InChI is InChI=1S/C11H13NS/c1-9-3-5-11(6-4-9)13-8-10(2)7-12/h3-6,10H,8H2,1-2H3. The van der Waals surface area contributed by atoms with Crippen molar-refractivity contribution in [3.8, 4) is 6.07 Å². The van der Waals surface area contributed by atoms with Crippen molar-refractivity contribution in [2.75, 3.05) is 5.75 Å². The average Bonchev–Trinajstić information content (AvgIpc) is 2.16. The van der Waals surface area contributed by atoms with Gasteiger partial charge in [-0.25, -0.2) is 0 Å². The Morgan fingerprint density at radius 1 is 1.38 bits per heavy atom. The Balaban J connectivity index is 2.47. The molecule has 1 nitrogen and oxygen atoms in total. The molecular formula is C11H13NS. The maximum absolute atomic E-state index is 8.59. The fourth-order valence-corrected chi connectivity index (χ4v) is 1.74. The van der Waals surface area contributed by atoms with Gasteiger partial charge in [-0.2, -0.15) is 5.26 Å². The molecular weight excluding hydrogens is 178 g/mol. The van der Waals surface area contributed by atoms with Crippen molar-refractivity contribution < 1.29 is 0 Å². The first-order valence-corrected chi connectivity index (χ1v) is 5.30. The second-order valence-electron chi connectivity index (χ2n) is 3.15. The lowest BCUT2D eigenvalue weighted by molar-refractivity contribution is 0.864. The van der Waals surface area contributed by atoms with Gasteiger partial charge in [0.25, 0.3) is 0 Å². The van der Waals surface area contributed by atoms with Crippen LogP contribution >= 0.6 is 11.8 Å². The van der Waals surface area contributed by atoms with Crippen LogP contribution in [-0.2, 0) is 0 Å². The molecule has 1 aromatic rings. The predicted molar refractivity (Wildman–Crippen MR) is 56.7 cm³/mol. The van der Waals surface area contributed by atoms with E-state index in [9.17, 15) is 0 Å². The molecule has 0 amide bonds. The Morgan fingerprint density at radius 3 is 2.54 bits per heavy atom. The summed E-state index contributed by atoms with van der Waals surface area (Å²) in [6, 6.07) is 10.6. The van der Waals surface area contributed by atoms with Gasteiger partial charge in [-0.3, -0.25) is 0 Å². The van der Waals surface area contributed by atoms with Crippen LogP contribution in [0.4, 0.5) is 0 Å². The zero-order valence-electron chi connectivity index (χ0n) is 7.95. The van der Waals surface area contributed by atoms with Gasteiger partial charge in [-0.05, 0) is 26.0 Å². The summed E-state index contributed by atoms with van der Waals surface area (Å²) >= 11 is 1.74. The predicted octanol–water partition coefficient (Wildman–Crippen LogP) is 3.25. The largest absolute Gasteiger partial charge is 0.198 e. The van der Waals surface area contributed by atoms with E-state index < -0.39 is 0 Å². The maximum atomic E-state index is 8.59. The molecule has 1 unspecified atom stereocenters. The summed E-state index contributed by atoms with van der Waals surface area (Å²) in [5.74, 6) is 1.01. The van der Waals surface area contributed by atoms with E-state index in [4.69, 9.17) is 5.26 Å². The van der Waals surface area contributed by atoms with Crippen LogP contribution in [0, 0.1) is 24.2 Å². The number of rotatable bonds is 3. The molecule has 0 saturated heterocycles. The highest BCUT2D eigenvalue weighted by molar-refractivity contribution is 7.99. The summed E-state index contributed by atoms with van der Waals surface area (Å²) in [7, 11) is 0. The van der Waals surface area contributed by atoms with Crippen molar-refractivity contribution in [1.82, 2.24) is 0 Å². The third-order valence-corrected chi connectivity index (χ3v) is 3.01. The summed E-state index contributed by atoms with van der Waals surface area (Å²) in [4.78, 5) is 1.24. The molecule has 0 N–H and O–H groups in total. The molecule has 0 aliphatic heterocycles. The third-order valence-electron chi connectivity index (χ3n) is 1.74. The van der Waals surface area contributed by atoms with Crippen LogP contribution in [0.15, 0.2) is 29.2 Å². The van der Waals surface area contributed by atoms with E-state index in [1.54, 1.807) is 11.8 Å². The summed E-state index contributed by atoms with van der Waals surface area (Å²) in [6.07, 6.45) is 0. The molecule has 2 heteroatoms. The SMILES string of the molecule is Cc1ccc(SCC(C)C#N)cc1. The smallest absolute Gasteiger partial charge is 0.0661 e. The molecule has 0 aromatic heterocycles. The molecule has 0 saturated carbocycles. The molecule has 0 radical (unpaired) electrons. The number of nitriles is 1. The number of benzene rings is 1. The normalized spacial score (nSPS) is 12.1. The van der Waals surface area contributed by atoms with Gasteiger partial charge in [0, 0.05) is 10.6 Å². The van der Waals surface area contributed by atoms with Gasteiger partial charge in [0.2, 0.25) is 0 Å². The van der Waals surface area contributed by atoms with Crippen molar-refractivity contribution >= 4 is 11.8 Å². The molecule has 0 heterocycles. The Morgan fingerprint density at radius 2 is 2.00 bits per heavy atom. The quantitative estimate of drug-likeness (QED) is 0.685. The molecule has 0 aliphatic rings. The van der Waals surface area contributed by atoms with Gasteiger partial charge in [0.05, 0.1) is 12.0 Å². The number of hydrogen-bond donors (Lipinski definition) is 0. The Hall–Kier alpha value is -0.940. The monoisotopic (exact) mass is 191 g/mol. The maximum Gasteiger partial charge on any atom is 0.0661 e. The van der Waals surface area contributed by atoms with E-state index in [-0.39, 0.29) is 5.92 Å². The Kier molecular flexibility index (Phi) is 3.85. The van der Waals surface area contributed by atoms with Crippen LogP contribution < -0.4 is 0 Å². The first-order chi connectivity index (χ1) is 6.22. The van der Waals surface area contributed by atoms with Gasteiger partial charge in [-0.15, -0.1) is 11.8 Å². The molecule has 68 valence electrons. The van der Waals surface area contributed by atoms with Gasteiger partial charge in [0.15, 0.2) is 0 Å². The summed E-state index contributed by atoms with van der Waals surface area (Å²) in [5, 5.41) is 8.59. The highest BCUT2D eigenvalue weighted by Crippen LogP contribution is 2.20. The van der Waals surface area contributed by atoms with Crippen LogP contribution in [-0.4, -0.2) is 5.75 Å². The minimum absolute atomic E-state index is 0.131. The number of nitrogens with zero attached hydrogens (tertiary/aromatic N) is 1. The first-order valence-electron chi connectivity index (χ1n) is 4.31. The van der Waals surface area contributed by atoms with E-state index in [1.165, 1.54) is 10.5 Å². The van der Waals surface area contributed by atoms with Crippen molar-refractivity contribution in [2.45, 2.75) is 18.7 Å². The Bertz CT molecular complexity index is 297. The topological polar surface area (TPSA) is 23.8 Å². The zero-order chi connectivity index (χ0) is 9.68. The second-order valence-corrected chi connectivity index (χ2v) is 4.25. The average molecular weight is 191 g/mol. The van der Waals surface area contributed by atoms with Crippen LogP contribution in [0.25, 0.3) is 0 Å². The summed E-state index contributed by atoms with van der Waals surface area (Å²) in [5.41, 5.74) is 1.28. The minimum atomic E-state index is 0.131. The molecule has 13 heavy (non-hydrogen) atoms. The van der Waals surface area contributed by atoms with Gasteiger partial charge in [-0.1, -0.05) is 17.7 Å². The molecule has 1 aromatic carbocycles. The van der Waals surface area contributed by atoms with Crippen molar-refractivity contribution in [3.63, 3.8) is 0 Å². The molecule has 0 spiro atoms. The molecule has 0 bridgehead atoms. The van der Waals surface area contributed by atoms with Gasteiger partial charge in [0.1, 0.15) is 0 Å². The fraction of sp³-hybridized carbons (Fsp3) is 0.364. The lowest BCUT2D eigenvalue weighted by Crippen LogP contribution is -1.92. The molecule has 0 fully saturated rings. The lowest BCUT2D eigenvalue weighted by atomic mass is 10.2. The molecule has 1 rings (SSSR count). The first kappa shape index (κ1) is 10.1. The second kappa shape index (κ2) is 4.94. The lowest BCUT2D eigenvalue weighted by Gasteiger charge is -2.02. The Labute approximate surface area is 83.8 Å². The number of aryl methyl sites for hydroxylation is 1. The highest BCUT2D eigenvalue weighted by atomic mass is 32.2. The fourth-order valence-electron chi connectivity index (χ4n) is 0.893. The van der Waals surface area contributed by atoms with Crippen LogP contribution in [0.3, 0.4) is 0 Å². The van der Waals surface area contributed by atoms with Crippen molar-refractivity contribution in [1.29, 1.82) is 5.26 Å². The van der Waals surface area contributed by atoms with E-state index in [1.807, 2.05) is 6.92 Å². The van der Waals surface area contributed by atoms with E-state index >= 15 is 0 Å². The minimum Gasteiger partial charge on any atom is -0.198 e. The number of hydrogen-bond acceptors (Lipinski definition) is 2.